The van der Waals surface area contributed by atoms with Gasteiger partial charge in [0.25, 0.3) is 0 Å². The van der Waals surface area contributed by atoms with Gasteiger partial charge < -0.3 is 0 Å². The molecular weight excluding hydrogens is 405 g/mol. The molecule has 0 N–H and O–H groups in total. The Morgan fingerprint density at radius 3 is 1.19 bits per heavy atom. The molecule has 0 fully saturated rings. The average Bonchev–Trinajstić information content (AvgIpc) is 2.86. The number of hydrogen-bond donors (Lipinski definition) is 0. The molecule has 0 saturated heterocycles. The van der Waals surface area contributed by atoms with E-state index in [9.17, 15) is 0 Å². The highest BCUT2D eigenvalue weighted by molar-refractivity contribution is 7.93. The smallest absolute Gasteiger partial charge is 0.166 e. The summed E-state index contributed by atoms with van der Waals surface area (Å²) in [6.45, 7) is 10.0. The minimum atomic E-state index is -1.98. The van der Waals surface area contributed by atoms with Gasteiger partial charge in [0.2, 0.25) is 0 Å². The quantitative estimate of drug-likeness (QED) is 0.149. The van der Waals surface area contributed by atoms with Gasteiger partial charge in [0.1, 0.15) is 15.9 Å². The van der Waals surface area contributed by atoms with E-state index >= 15 is 0 Å². The number of allylic oxidation sites excluding steroid dienone is 2. The molecule has 0 spiro atoms. The van der Waals surface area contributed by atoms with E-state index in [4.69, 9.17) is 0 Å². The van der Waals surface area contributed by atoms with Crippen LogP contribution in [0.2, 0.25) is 0 Å². The second-order valence-corrected chi connectivity index (χ2v) is 11.6. The topological polar surface area (TPSA) is 3.24 Å². The SMILES string of the molecule is C=CCCCCN(CCCCC=C)[P+](c1ccccc1)(c1ccccc1)c1ccccc1. The molecule has 0 aliphatic rings. The maximum absolute atomic E-state index is 3.92. The number of nitrogens with zero attached hydrogens (tertiary/aromatic N) is 1. The van der Waals surface area contributed by atoms with Crippen LogP contribution in [0.3, 0.4) is 0 Å². The van der Waals surface area contributed by atoms with Crippen LogP contribution in [0.4, 0.5) is 0 Å². The normalized spacial score (nSPS) is 11.4. The van der Waals surface area contributed by atoms with E-state index in [2.05, 4.69) is 109 Å². The van der Waals surface area contributed by atoms with Gasteiger partial charge in [0.15, 0.2) is 7.41 Å². The van der Waals surface area contributed by atoms with Gasteiger partial charge in [0, 0.05) is 13.1 Å². The van der Waals surface area contributed by atoms with Crippen molar-refractivity contribution < 1.29 is 0 Å². The van der Waals surface area contributed by atoms with Gasteiger partial charge in [-0.25, -0.2) is 0 Å². The predicted molar refractivity (Wildman–Crippen MR) is 145 cm³/mol. The fourth-order valence-corrected chi connectivity index (χ4v) is 9.01. The summed E-state index contributed by atoms with van der Waals surface area (Å²) in [5.41, 5.74) is 0. The summed E-state index contributed by atoms with van der Waals surface area (Å²) in [6.07, 6.45) is 11.0. The number of hydrogen-bond acceptors (Lipinski definition) is 1. The third kappa shape index (κ3) is 5.85. The van der Waals surface area contributed by atoms with Crippen LogP contribution in [0.15, 0.2) is 116 Å². The van der Waals surface area contributed by atoms with Crippen molar-refractivity contribution in [3.63, 3.8) is 0 Å². The molecule has 0 aliphatic heterocycles. The van der Waals surface area contributed by atoms with E-state index in [1.54, 1.807) is 0 Å². The number of rotatable bonds is 14. The van der Waals surface area contributed by atoms with E-state index in [0.29, 0.717) is 0 Å². The van der Waals surface area contributed by atoms with Gasteiger partial charge in [-0.05, 0) is 74.9 Å². The molecule has 166 valence electrons. The van der Waals surface area contributed by atoms with Gasteiger partial charge in [-0.15, -0.1) is 13.2 Å². The molecule has 0 saturated carbocycles. The molecule has 3 rings (SSSR count). The van der Waals surface area contributed by atoms with Gasteiger partial charge in [0.05, 0.1) is 0 Å². The lowest BCUT2D eigenvalue weighted by molar-refractivity contribution is 0.425. The second kappa shape index (κ2) is 13.2. The molecule has 32 heavy (non-hydrogen) atoms. The summed E-state index contributed by atoms with van der Waals surface area (Å²) < 4.78 is 2.83. The van der Waals surface area contributed by atoms with E-state index in [1.165, 1.54) is 41.6 Å². The summed E-state index contributed by atoms with van der Waals surface area (Å²) in [6, 6.07) is 33.6. The minimum absolute atomic E-state index is 1.08. The zero-order valence-corrected chi connectivity index (χ0v) is 20.2. The lowest BCUT2D eigenvalue weighted by atomic mass is 10.2. The third-order valence-corrected chi connectivity index (χ3v) is 10.3. The van der Waals surface area contributed by atoms with E-state index in [-0.39, 0.29) is 0 Å². The van der Waals surface area contributed by atoms with Crippen LogP contribution in [0, 0.1) is 0 Å². The average molecular weight is 443 g/mol. The molecule has 0 amide bonds. The molecule has 0 bridgehead atoms. The summed E-state index contributed by atoms with van der Waals surface area (Å²) in [7, 11) is -1.98. The Balaban J connectivity index is 2.15. The van der Waals surface area contributed by atoms with Crippen molar-refractivity contribution in [1.29, 1.82) is 0 Å². The highest BCUT2D eigenvalue weighted by atomic mass is 31.2. The zero-order chi connectivity index (χ0) is 22.5. The molecule has 0 atom stereocenters. The van der Waals surface area contributed by atoms with Gasteiger partial charge in [-0.2, -0.15) is 4.67 Å². The van der Waals surface area contributed by atoms with Gasteiger partial charge in [-0.3, -0.25) is 0 Å². The van der Waals surface area contributed by atoms with Crippen LogP contribution in [0.25, 0.3) is 0 Å². The Bertz CT molecular complexity index is 808. The van der Waals surface area contributed by atoms with Crippen LogP contribution in [0.5, 0.6) is 0 Å². The molecule has 2 heteroatoms. The summed E-state index contributed by atoms with van der Waals surface area (Å²) >= 11 is 0. The molecular formula is C30H37NP+. The summed E-state index contributed by atoms with van der Waals surface area (Å²) in [5.74, 6) is 0. The standard InChI is InChI=1S/C30H37NP/c1-3-5-7-18-26-31(27-19-8-6-4-2)32(28-20-12-9-13-21-28,29-22-14-10-15-23-29)30-24-16-11-17-25-30/h3-4,9-17,20-25H,1-2,5-8,18-19,26-27H2/q+1. The molecule has 0 heterocycles. The Labute approximate surface area is 195 Å². The first-order valence-corrected chi connectivity index (χ1v) is 13.6. The van der Waals surface area contributed by atoms with Crippen LogP contribution in [-0.2, 0) is 0 Å². The lowest BCUT2D eigenvalue weighted by Crippen LogP contribution is -2.44. The summed E-state index contributed by atoms with van der Waals surface area (Å²) in [5, 5.41) is 4.31. The first-order valence-electron chi connectivity index (χ1n) is 11.9. The molecule has 3 aromatic carbocycles. The minimum Gasteiger partial charge on any atom is -0.166 e. The highest BCUT2D eigenvalue weighted by Gasteiger charge is 2.50. The molecule has 0 aliphatic carbocycles. The maximum atomic E-state index is 3.92. The third-order valence-electron chi connectivity index (χ3n) is 5.96. The zero-order valence-electron chi connectivity index (χ0n) is 19.3. The fraction of sp³-hybridized carbons (Fsp3) is 0.267. The van der Waals surface area contributed by atoms with E-state index < -0.39 is 7.41 Å². The Morgan fingerprint density at radius 2 is 0.875 bits per heavy atom. The number of benzene rings is 3. The van der Waals surface area contributed by atoms with E-state index in [1.807, 2.05) is 12.2 Å². The molecule has 0 aromatic heterocycles. The van der Waals surface area contributed by atoms with Crippen molar-refractivity contribution in [3.05, 3.63) is 116 Å². The Hall–Kier alpha value is -2.47. The van der Waals surface area contributed by atoms with Crippen molar-refractivity contribution >= 4 is 23.3 Å². The Kier molecular flexibility index (Phi) is 9.95. The fourth-order valence-electron chi connectivity index (χ4n) is 4.45. The van der Waals surface area contributed by atoms with Gasteiger partial charge in [-0.1, -0.05) is 66.7 Å². The monoisotopic (exact) mass is 442 g/mol. The Morgan fingerprint density at radius 1 is 0.531 bits per heavy atom. The molecule has 0 unspecified atom stereocenters. The highest BCUT2D eigenvalue weighted by Crippen LogP contribution is 2.58. The molecule has 3 aromatic rings. The van der Waals surface area contributed by atoms with Gasteiger partial charge >= 0.3 is 0 Å². The number of unbranched alkanes of at least 4 members (excludes halogenated alkanes) is 4. The van der Waals surface area contributed by atoms with Crippen molar-refractivity contribution in [3.8, 4) is 0 Å². The van der Waals surface area contributed by atoms with Crippen molar-refractivity contribution in [2.24, 2.45) is 0 Å². The van der Waals surface area contributed by atoms with Crippen LogP contribution in [0.1, 0.15) is 38.5 Å². The first-order chi connectivity index (χ1) is 15.8. The maximum Gasteiger partial charge on any atom is 0.181 e. The molecule has 1 nitrogen and oxygen atoms in total. The van der Waals surface area contributed by atoms with Crippen LogP contribution in [-0.4, -0.2) is 17.8 Å². The molecule has 0 radical (unpaired) electrons. The van der Waals surface area contributed by atoms with Crippen molar-refractivity contribution in [2.45, 2.75) is 38.5 Å². The second-order valence-electron chi connectivity index (χ2n) is 8.16. The van der Waals surface area contributed by atoms with Crippen LogP contribution < -0.4 is 15.9 Å². The largest absolute Gasteiger partial charge is 0.181 e. The van der Waals surface area contributed by atoms with Crippen molar-refractivity contribution in [2.75, 3.05) is 13.1 Å². The van der Waals surface area contributed by atoms with E-state index in [0.717, 1.165) is 25.9 Å². The predicted octanol–water partition coefficient (Wildman–Crippen LogP) is 6.91. The summed E-state index contributed by atoms with van der Waals surface area (Å²) in [4.78, 5) is 0. The lowest BCUT2D eigenvalue weighted by Gasteiger charge is -2.37. The first kappa shape index (κ1) is 24.2. The van der Waals surface area contributed by atoms with Crippen molar-refractivity contribution in [1.82, 2.24) is 4.67 Å². The van der Waals surface area contributed by atoms with Crippen LogP contribution >= 0.6 is 7.41 Å².